The van der Waals surface area contributed by atoms with Crippen LogP contribution in [0, 0.1) is 0 Å². The van der Waals surface area contributed by atoms with Crippen molar-refractivity contribution in [3.8, 4) is 0 Å². The molecule has 1 nitrogen and oxygen atoms in total. The third kappa shape index (κ3) is 5.07. The van der Waals surface area contributed by atoms with Gasteiger partial charge in [0, 0.05) is 9.28 Å². The minimum atomic E-state index is -4.30. The molecule has 0 spiro atoms. The molecule has 0 saturated heterocycles. The average Bonchev–Trinajstić information content (AvgIpc) is 1.97. The first kappa shape index (κ1) is 12.7. The highest BCUT2D eigenvalue weighted by Gasteiger charge is 2.29. The van der Waals surface area contributed by atoms with E-state index in [-0.39, 0.29) is 0 Å². The van der Waals surface area contributed by atoms with E-state index >= 15 is 0 Å². The Morgan fingerprint density at radius 3 is 2.15 bits per heavy atom. The monoisotopic (exact) mass is 305 g/mol. The second-order valence-electron chi connectivity index (χ2n) is 2.46. The van der Waals surface area contributed by atoms with Gasteiger partial charge in [-0.1, -0.05) is 27.3 Å². The van der Waals surface area contributed by atoms with Crippen LogP contribution in [0.1, 0.15) is 13.8 Å². The summed E-state index contributed by atoms with van der Waals surface area (Å²) in [5.41, 5.74) is 5.23. The van der Waals surface area contributed by atoms with Gasteiger partial charge in [0.1, 0.15) is 0 Å². The van der Waals surface area contributed by atoms with Crippen LogP contribution in [0.15, 0.2) is 21.4 Å². The molecule has 5 heteroatoms. The second kappa shape index (κ2) is 4.78. The summed E-state index contributed by atoms with van der Waals surface area (Å²) in [6, 6.07) is 0. The zero-order chi connectivity index (χ0) is 10.6. The molecule has 76 valence electrons. The van der Waals surface area contributed by atoms with E-state index in [2.05, 4.69) is 6.58 Å². The molecule has 0 aliphatic rings. The molecule has 0 aliphatic heterocycles. The maximum Gasteiger partial charge on any atom is 0.416 e. The van der Waals surface area contributed by atoms with Crippen LogP contribution >= 0.6 is 20.7 Å². The quantitative estimate of drug-likeness (QED) is 0.780. The second-order valence-corrected chi connectivity index (χ2v) is 5.32. The summed E-state index contributed by atoms with van der Waals surface area (Å²) in [4.78, 5) is 0. The Balaban J connectivity index is 4.48. The molecule has 0 heterocycles. The van der Waals surface area contributed by atoms with Crippen molar-refractivity contribution in [3.05, 3.63) is 21.4 Å². The van der Waals surface area contributed by atoms with E-state index in [1.54, 1.807) is 13.8 Å². The Morgan fingerprint density at radius 1 is 1.38 bits per heavy atom. The minimum Gasteiger partial charge on any atom is -0.402 e. The Morgan fingerprint density at radius 2 is 1.85 bits per heavy atom. The average molecular weight is 305 g/mol. The normalized spacial score (nSPS) is 15.2. The molecule has 0 atom stereocenters. The standard InChI is InChI=1S/C8H11F3IN/c1-5(8(9,10)11)4-12-6(2)7(3)13/h4H,1,13H2,2-3H3/b7-6+. The highest BCUT2D eigenvalue weighted by Crippen LogP contribution is 2.25. The third-order valence-electron chi connectivity index (χ3n) is 1.26. The van der Waals surface area contributed by atoms with Gasteiger partial charge in [-0.05, 0) is 17.9 Å². The summed E-state index contributed by atoms with van der Waals surface area (Å²) in [5, 5.41) is 0. The van der Waals surface area contributed by atoms with Crippen molar-refractivity contribution in [3.63, 3.8) is 0 Å². The third-order valence-corrected chi connectivity index (χ3v) is 4.11. The van der Waals surface area contributed by atoms with Crippen LogP contribution in [0.25, 0.3) is 0 Å². The van der Waals surface area contributed by atoms with Gasteiger partial charge in [-0.15, -0.1) is 0 Å². The van der Waals surface area contributed by atoms with Gasteiger partial charge < -0.3 is 5.73 Å². The summed E-state index contributed by atoms with van der Waals surface area (Å²) in [5.74, 6) is 0. The van der Waals surface area contributed by atoms with Gasteiger partial charge in [0.25, 0.3) is 0 Å². The van der Waals surface area contributed by atoms with Gasteiger partial charge >= 0.3 is 6.18 Å². The Kier molecular flexibility index (Phi) is 4.66. The topological polar surface area (TPSA) is 26.0 Å². The van der Waals surface area contributed by atoms with E-state index in [0.29, 0.717) is 5.70 Å². The van der Waals surface area contributed by atoms with E-state index in [4.69, 9.17) is 5.73 Å². The van der Waals surface area contributed by atoms with Gasteiger partial charge in [-0.2, -0.15) is 13.2 Å². The molecule has 0 aromatic carbocycles. The Bertz CT molecular complexity index is 259. The zero-order valence-electron chi connectivity index (χ0n) is 7.37. The van der Waals surface area contributed by atoms with Crippen molar-refractivity contribution in [1.82, 2.24) is 0 Å². The lowest BCUT2D eigenvalue weighted by Gasteiger charge is -2.04. The predicted molar refractivity (Wildman–Crippen MR) is 57.8 cm³/mol. The highest BCUT2D eigenvalue weighted by molar-refractivity contribution is 14.2. The van der Waals surface area contributed by atoms with Crippen molar-refractivity contribution < 1.29 is 13.2 Å². The first-order chi connectivity index (χ1) is 5.75. The van der Waals surface area contributed by atoms with Crippen molar-refractivity contribution >= 4 is 24.7 Å². The van der Waals surface area contributed by atoms with Gasteiger partial charge in [0.2, 0.25) is 0 Å². The van der Waals surface area contributed by atoms with E-state index in [0.717, 1.165) is 7.59 Å². The Labute approximate surface area is 85.2 Å². The molecule has 0 fully saturated rings. The van der Waals surface area contributed by atoms with Gasteiger partial charge in [0.15, 0.2) is 0 Å². The number of nitrogens with two attached hydrogens (primary N) is 1. The number of halogens is 4. The molecule has 2 N–H and O–H groups in total. The van der Waals surface area contributed by atoms with Gasteiger partial charge in [-0.25, -0.2) is 0 Å². The van der Waals surface area contributed by atoms with Gasteiger partial charge in [0.05, 0.1) is 5.57 Å². The van der Waals surface area contributed by atoms with Gasteiger partial charge in [-0.3, -0.25) is 0 Å². The van der Waals surface area contributed by atoms with E-state index in [1.807, 2.05) is 0 Å². The molecule has 0 amide bonds. The highest BCUT2D eigenvalue weighted by atomic mass is 127. The fourth-order valence-corrected chi connectivity index (χ4v) is 1.98. The minimum absolute atomic E-state index is 0.596. The smallest absolute Gasteiger partial charge is 0.402 e. The number of hydrogen-bond acceptors (Lipinski definition) is 1. The summed E-state index contributed by atoms with van der Waals surface area (Å²) >= 11 is -0.774. The first-order valence-corrected chi connectivity index (χ1v) is 5.73. The fraction of sp³-hybridized carbons (Fsp3) is 0.375. The fourth-order valence-electron chi connectivity index (χ4n) is 0.296. The molecule has 0 radical (unpaired) electrons. The number of allylic oxidation sites excluding steroid dienone is 3. The van der Waals surface area contributed by atoms with Crippen molar-refractivity contribution in [1.29, 1.82) is 0 Å². The summed E-state index contributed by atoms with van der Waals surface area (Å²) in [7, 11) is 0. The van der Waals surface area contributed by atoms with Crippen LogP contribution in [-0.2, 0) is 0 Å². The zero-order valence-corrected chi connectivity index (χ0v) is 9.53. The molecule has 0 unspecified atom stereocenters. The molecule has 0 aliphatic carbocycles. The first-order valence-electron chi connectivity index (χ1n) is 3.41. The molecule has 0 aromatic rings. The van der Waals surface area contributed by atoms with E-state index in [1.165, 1.54) is 0 Å². The van der Waals surface area contributed by atoms with Crippen molar-refractivity contribution in [2.75, 3.05) is 0 Å². The summed E-state index contributed by atoms with van der Waals surface area (Å²) in [6.07, 6.45) is -4.30. The molecule has 0 aromatic heterocycles. The number of hydrogen-bond donors (Lipinski definition) is 1. The van der Waals surface area contributed by atoms with E-state index < -0.39 is 32.5 Å². The molecular formula is C8H11F3IN. The number of rotatable bonds is 2. The molecule has 0 saturated carbocycles. The number of alkyl halides is 3. The molecule has 13 heavy (non-hydrogen) atoms. The predicted octanol–water partition coefficient (Wildman–Crippen LogP) is 3.09. The van der Waals surface area contributed by atoms with E-state index in [9.17, 15) is 13.2 Å². The lowest BCUT2D eigenvalue weighted by molar-refractivity contribution is -0.0850. The van der Waals surface area contributed by atoms with Crippen LogP contribution in [-0.4, -0.2) is 10.2 Å². The van der Waals surface area contributed by atoms with Crippen LogP contribution in [0.3, 0.4) is 0 Å². The van der Waals surface area contributed by atoms with Crippen LogP contribution in [0.2, 0.25) is 0 Å². The van der Waals surface area contributed by atoms with Crippen LogP contribution in [0.5, 0.6) is 0 Å². The SMILES string of the molecule is C=C(C=I/C(C)=C(\C)N)C(F)(F)F. The summed E-state index contributed by atoms with van der Waals surface area (Å²) < 4.78 is 37.8. The largest absolute Gasteiger partial charge is 0.416 e. The molecule has 0 rings (SSSR count). The van der Waals surface area contributed by atoms with Crippen molar-refractivity contribution in [2.45, 2.75) is 20.0 Å². The maximum absolute atomic E-state index is 11.9. The lowest BCUT2D eigenvalue weighted by atomic mass is 10.3. The summed E-state index contributed by atoms with van der Waals surface area (Å²) in [6.45, 7) is 6.36. The Hall–Kier alpha value is -0.330. The molecular weight excluding hydrogens is 294 g/mol. The van der Waals surface area contributed by atoms with Crippen LogP contribution < -0.4 is 5.73 Å². The molecule has 0 bridgehead atoms. The maximum atomic E-state index is 11.9. The van der Waals surface area contributed by atoms with Crippen LogP contribution in [0.4, 0.5) is 13.2 Å². The lowest BCUT2D eigenvalue weighted by Crippen LogP contribution is -2.10. The van der Waals surface area contributed by atoms with Crippen molar-refractivity contribution in [2.24, 2.45) is 5.73 Å².